The molecule has 2 rings (SSSR count). The monoisotopic (exact) mass is 319 g/mol. The zero-order chi connectivity index (χ0) is 17.2. The molecule has 0 saturated carbocycles. The summed E-state index contributed by atoms with van der Waals surface area (Å²) in [7, 11) is 1.29. The highest BCUT2D eigenvalue weighted by molar-refractivity contribution is 5.87. The number of benzene rings is 1. The van der Waals surface area contributed by atoms with E-state index in [1.807, 2.05) is 6.07 Å². The second-order valence-electron chi connectivity index (χ2n) is 6.25. The van der Waals surface area contributed by atoms with Gasteiger partial charge in [0, 0.05) is 0 Å². The molecule has 0 aliphatic carbocycles. The normalized spacial score (nSPS) is 12.9. The molecule has 2 N–H and O–H groups in total. The molecule has 0 unspecified atom stereocenters. The van der Waals surface area contributed by atoms with Crippen molar-refractivity contribution >= 4 is 23.1 Å². The third-order valence-corrected chi connectivity index (χ3v) is 3.16. The zero-order valence-electron chi connectivity index (χ0n) is 13.7. The SMILES string of the molecule is COC(=O)[C@@H](N)Cc1ccc2ncn(C(=O)OC(C)(C)C)c2c1. The highest BCUT2D eigenvalue weighted by Crippen LogP contribution is 2.18. The van der Waals surface area contributed by atoms with Crippen LogP contribution in [0.25, 0.3) is 11.0 Å². The molecule has 124 valence electrons. The zero-order valence-corrected chi connectivity index (χ0v) is 13.7. The van der Waals surface area contributed by atoms with Gasteiger partial charge in [-0.25, -0.2) is 14.3 Å². The van der Waals surface area contributed by atoms with Gasteiger partial charge in [0.15, 0.2) is 0 Å². The van der Waals surface area contributed by atoms with Crippen LogP contribution >= 0.6 is 0 Å². The second-order valence-corrected chi connectivity index (χ2v) is 6.25. The van der Waals surface area contributed by atoms with E-state index < -0.39 is 23.7 Å². The lowest BCUT2D eigenvalue weighted by Crippen LogP contribution is -2.33. The number of nitrogens with zero attached hydrogens (tertiary/aromatic N) is 2. The molecule has 0 amide bonds. The molecule has 0 radical (unpaired) electrons. The summed E-state index contributed by atoms with van der Waals surface area (Å²) in [5, 5.41) is 0. The number of esters is 1. The number of ether oxygens (including phenoxy) is 2. The lowest BCUT2D eigenvalue weighted by Gasteiger charge is -2.19. The number of hydrogen-bond donors (Lipinski definition) is 1. The number of rotatable bonds is 3. The summed E-state index contributed by atoms with van der Waals surface area (Å²) in [5.41, 5.74) is 7.24. The van der Waals surface area contributed by atoms with Crippen LogP contribution in [-0.2, 0) is 20.7 Å². The first-order chi connectivity index (χ1) is 10.7. The van der Waals surface area contributed by atoms with E-state index in [2.05, 4.69) is 9.72 Å². The van der Waals surface area contributed by atoms with Crippen LogP contribution in [0.3, 0.4) is 0 Å². The maximum absolute atomic E-state index is 12.2. The van der Waals surface area contributed by atoms with E-state index in [-0.39, 0.29) is 0 Å². The number of imidazole rings is 1. The van der Waals surface area contributed by atoms with Gasteiger partial charge in [0.2, 0.25) is 0 Å². The molecular weight excluding hydrogens is 298 g/mol. The Morgan fingerprint density at radius 2 is 2.04 bits per heavy atom. The summed E-state index contributed by atoms with van der Waals surface area (Å²) in [5.74, 6) is -0.481. The Morgan fingerprint density at radius 3 is 2.65 bits per heavy atom. The Kier molecular flexibility index (Phi) is 4.70. The average molecular weight is 319 g/mol. The largest absolute Gasteiger partial charge is 0.468 e. The van der Waals surface area contributed by atoms with Crippen LogP contribution in [0.5, 0.6) is 0 Å². The predicted molar refractivity (Wildman–Crippen MR) is 85.1 cm³/mol. The van der Waals surface area contributed by atoms with Crippen molar-refractivity contribution in [2.24, 2.45) is 5.73 Å². The lowest BCUT2D eigenvalue weighted by atomic mass is 10.1. The Bertz CT molecular complexity index is 730. The molecule has 0 saturated heterocycles. The van der Waals surface area contributed by atoms with E-state index in [0.29, 0.717) is 17.5 Å². The molecule has 0 aliphatic heterocycles. The lowest BCUT2D eigenvalue weighted by molar-refractivity contribution is -0.142. The molecular formula is C16H21N3O4. The van der Waals surface area contributed by atoms with Crippen LogP contribution < -0.4 is 5.73 Å². The molecule has 0 fully saturated rings. The van der Waals surface area contributed by atoms with Gasteiger partial charge >= 0.3 is 12.1 Å². The number of aromatic nitrogens is 2. The van der Waals surface area contributed by atoms with Gasteiger partial charge in [-0.1, -0.05) is 6.07 Å². The van der Waals surface area contributed by atoms with Crippen LogP contribution in [0.2, 0.25) is 0 Å². The summed E-state index contributed by atoms with van der Waals surface area (Å²) < 4.78 is 11.3. The van der Waals surface area contributed by atoms with Crippen LogP contribution in [0.1, 0.15) is 26.3 Å². The molecule has 2 aromatic rings. The third kappa shape index (κ3) is 4.07. The predicted octanol–water partition coefficient (Wildman–Crippen LogP) is 1.86. The molecule has 7 heteroatoms. The number of fused-ring (bicyclic) bond motifs is 1. The van der Waals surface area contributed by atoms with Crippen molar-refractivity contribution in [1.82, 2.24) is 9.55 Å². The fourth-order valence-electron chi connectivity index (χ4n) is 2.13. The van der Waals surface area contributed by atoms with Crippen molar-refractivity contribution in [2.75, 3.05) is 7.11 Å². The van der Waals surface area contributed by atoms with Gasteiger partial charge in [-0.15, -0.1) is 0 Å². The van der Waals surface area contributed by atoms with Crippen LogP contribution in [0.4, 0.5) is 4.79 Å². The molecule has 1 aromatic heterocycles. The number of methoxy groups -OCH3 is 1. The molecule has 23 heavy (non-hydrogen) atoms. The molecule has 1 aromatic carbocycles. The van der Waals surface area contributed by atoms with E-state index in [0.717, 1.165) is 5.56 Å². The quantitative estimate of drug-likeness (QED) is 0.867. The molecule has 0 bridgehead atoms. The van der Waals surface area contributed by atoms with Crippen molar-refractivity contribution in [2.45, 2.75) is 38.8 Å². The number of nitrogens with two attached hydrogens (primary N) is 1. The van der Waals surface area contributed by atoms with E-state index in [4.69, 9.17) is 10.5 Å². The number of carbonyl (C=O) groups excluding carboxylic acids is 2. The van der Waals surface area contributed by atoms with Gasteiger partial charge in [-0.2, -0.15) is 0 Å². The highest BCUT2D eigenvalue weighted by atomic mass is 16.6. The van der Waals surface area contributed by atoms with Gasteiger partial charge in [0.05, 0.1) is 18.1 Å². The van der Waals surface area contributed by atoms with Crippen molar-refractivity contribution in [1.29, 1.82) is 0 Å². The second kappa shape index (κ2) is 6.37. The van der Waals surface area contributed by atoms with E-state index in [9.17, 15) is 9.59 Å². The number of carbonyl (C=O) groups is 2. The first-order valence-electron chi connectivity index (χ1n) is 7.24. The van der Waals surface area contributed by atoms with Gasteiger partial charge in [-0.3, -0.25) is 4.79 Å². The number of hydrogen-bond acceptors (Lipinski definition) is 6. The fraction of sp³-hybridized carbons (Fsp3) is 0.438. The standard InChI is InChI=1S/C16H21N3O4/c1-16(2,3)23-15(21)19-9-18-12-6-5-10(8-13(12)19)7-11(17)14(20)22-4/h5-6,8-9,11H,7,17H2,1-4H3/t11-/m0/s1. The molecule has 1 atom stereocenters. The van der Waals surface area contributed by atoms with Crippen LogP contribution in [0, 0.1) is 0 Å². The van der Waals surface area contributed by atoms with Gasteiger partial charge in [0.25, 0.3) is 0 Å². The summed E-state index contributed by atoms with van der Waals surface area (Å²) in [4.78, 5) is 27.8. The van der Waals surface area contributed by atoms with Gasteiger partial charge in [-0.05, 0) is 44.9 Å². The van der Waals surface area contributed by atoms with Crippen molar-refractivity contribution in [3.05, 3.63) is 30.1 Å². The Morgan fingerprint density at radius 1 is 1.35 bits per heavy atom. The molecule has 0 aliphatic rings. The van der Waals surface area contributed by atoms with Gasteiger partial charge in [0.1, 0.15) is 18.0 Å². The van der Waals surface area contributed by atoms with E-state index in [1.165, 1.54) is 18.0 Å². The topological polar surface area (TPSA) is 96.4 Å². The first-order valence-corrected chi connectivity index (χ1v) is 7.24. The maximum Gasteiger partial charge on any atom is 0.420 e. The summed E-state index contributed by atoms with van der Waals surface area (Å²) in [6, 6.07) is 4.61. The smallest absolute Gasteiger partial charge is 0.420 e. The third-order valence-electron chi connectivity index (χ3n) is 3.16. The summed E-state index contributed by atoms with van der Waals surface area (Å²) >= 11 is 0. The average Bonchev–Trinajstić information content (AvgIpc) is 2.87. The first kappa shape index (κ1) is 17.0. The van der Waals surface area contributed by atoms with E-state index in [1.54, 1.807) is 32.9 Å². The Hall–Kier alpha value is -2.41. The minimum absolute atomic E-state index is 0.308. The van der Waals surface area contributed by atoms with E-state index >= 15 is 0 Å². The summed E-state index contributed by atoms with van der Waals surface area (Å²) in [6.07, 6.45) is 1.22. The van der Waals surface area contributed by atoms with Crippen molar-refractivity contribution in [3.63, 3.8) is 0 Å². The summed E-state index contributed by atoms with van der Waals surface area (Å²) in [6.45, 7) is 5.39. The van der Waals surface area contributed by atoms with Crippen LogP contribution in [0.15, 0.2) is 24.5 Å². The fourth-order valence-corrected chi connectivity index (χ4v) is 2.13. The van der Waals surface area contributed by atoms with Crippen molar-refractivity contribution < 1.29 is 19.1 Å². The van der Waals surface area contributed by atoms with Crippen molar-refractivity contribution in [3.8, 4) is 0 Å². The Balaban J connectivity index is 2.30. The molecule has 1 heterocycles. The highest BCUT2D eigenvalue weighted by Gasteiger charge is 2.20. The molecule has 0 spiro atoms. The maximum atomic E-state index is 12.2. The minimum Gasteiger partial charge on any atom is -0.468 e. The Labute approximate surface area is 134 Å². The van der Waals surface area contributed by atoms with Crippen LogP contribution in [-0.4, -0.2) is 40.4 Å². The minimum atomic E-state index is -0.754. The molecule has 7 nitrogen and oxygen atoms in total. The van der Waals surface area contributed by atoms with Gasteiger partial charge < -0.3 is 15.2 Å².